The molecule has 10 atom stereocenters. The third-order valence-electron chi connectivity index (χ3n) is 8.98. The third kappa shape index (κ3) is 1.99. The summed E-state index contributed by atoms with van der Waals surface area (Å²) in [5.41, 5.74) is 2.41. The van der Waals surface area contributed by atoms with Gasteiger partial charge in [-0.2, -0.15) is 0 Å². The maximum absolute atomic E-state index is 12.3. The highest BCUT2D eigenvalue weighted by atomic mass is 16.6. The van der Waals surface area contributed by atoms with E-state index < -0.39 is 0 Å². The number of anilines is 1. The van der Waals surface area contributed by atoms with E-state index in [1.807, 2.05) is 0 Å². The molecule has 160 valence electrons. The third-order valence-corrected chi connectivity index (χ3v) is 8.98. The summed E-state index contributed by atoms with van der Waals surface area (Å²) in [6, 6.07) is 9.46. The van der Waals surface area contributed by atoms with Crippen LogP contribution in [0.4, 0.5) is 5.69 Å². The first-order valence-electron chi connectivity index (χ1n) is 11.3. The van der Waals surface area contributed by atoms with Crippen LogP contribution in [0.15, 0.2) is 24.3 Å². The number of esters is 2. The maximum atomic E-state index is 12.3. The number of para-hydroxylation sites is 1. The second kappa shape index (κ2) is 6.00. The number of fused-ring (bicyclic) bond motifs is 2. The minimum Gasteiger partial charge on any atom is -0.461 e. The fourth-order valence-electron chi connectivity index (χ4n) is 8.49. The van der Waals surface area contributed by atoms with E-state index in [2.05, 4.69) is 48.0 Å². The molecule has 1 spiro atoms. The lowest BCUT2D eigenvalue weighted by Crippen LogP contribution is -2.73. The Labute approximate surface area is 177 Å². The van der Waals surface area contributed by atoms with Crippen molar-refractivity contribution in [3.8, 4) is 0 Å². The lowest BCUT2D eigenvalue weighted by molar-refractivity contribution is -0.228. The van der Waals surface area contributed by atoms with Crippen LogP contribution in [0.2, 0.25) is 0 Å². The van der Waals surface area contributed by atoms with E-state index in [1.165, 1.54) is 18.2 Å². The molecule has 1 aliphatic carbocycles. The van der Waals surface area contributed by atoms with Gasteiger partial charge in [-0.25, -0.2) is 0 Å². The van der Waals surface area contributed by atoms with Crippen LogP contribution in [-0.2, 0) is 24.5 Å². The molecule has 4 saturated heterocycles. The molecule has 6 nitrogen and oxygen atoms in total. The van der Waals surface area contributed by atoms with Crippen LogP contribution in [0.3, 0.4) is 0 Å². The Morgan fingerprint density at radius 3 is 2.57 bits per heavy atom. The number of likely N-dealkylation sites (N-methyl/N-ethyl adjacent to an activating group) is 1. The monoisotopic (exact) mass is 410 g/mol. The van der Waals surface area contributed by atoms with E-state index in [0.29, 0.717) is 29.8 Å². The summed E-state index contributed by atoms with van der Waals surface area (Å²) in [6.07, 6.45) is 2.72. The molecule has 0 aromatic heterocycles. The summed E-state index contributed by atoms with van der Waals surface area (Å²) < 4.78 is 12.2. The van der Waals surface area contributed by atoms with E-state index in [9.17, 15) is 9.59 Å². The van der Waals surface area contributed by atoms with E-state index in [-0.39, 0.29) is 35.7 Å². The van der Waals surface area contributed by atoms with Crippen molar-refractivity contribution >= 4 is 17.6 Å². The van der Waals surface area contributed by atoms with Gasteiger partial charge in [-0.1, -0.05) is 25.1 Å². The number of carbonyl (C=O) groups excluding carboxylic acids is 2. The van der Waals surface area contributed by atoms with Crippen LogP contribution in [0.1, 0.15) is 45.6 Å². The number of hydrogen-bond donors (Lipinski definition) is 0. The van der Waals surface area contributed by atoms with Crippen molar-refractivity contribution < 1.29 is 19.1 Å². The molecule has 6 aliphatic rings. The molecule has 5 fully saturated rings. The van der Waals surface area contributed by atoms with E-state index in [0.717, 1.165) is 19.3 Å². The molecule has 6 heteroatoms. The summed E-state index contributed by atoms with van der Waals surface area (Å²) in [6.45, 7) is 5.26. The van der Waals surface area contributed by atoms with Crippen LogP contribution in [-0.4, -0.2) is 54.3 Å². The quantitative estimate of drug-likeness (QED) is 0.714. The number of rotatable bonds is 3. The van der Waals surface area contributed by atoms with E-state index >= 15 is 0 Å². The normalized spacial score (nSPS) is 46.5. The van der Waals surface area contributed by atoms with Gasteiger partial charge in [-0.05, 0) is 36.8 Å². The smallest absolute Gasteiger partial charge is 0.304 e. The summed E-state index contributed by atoms with van der Waals surface area (Å²) in [5, 5.41) is 0. The molecule has 0 radical (unpaired) electrons. The highest BCUT2D eigenvalue weighted by Crippen LogP contribution is 2.69. The van der Waals surface area contributed by atoms with Crippen molar-refractivity contribution in [2.45, 2.75) is 75.9 Å². The van der Waals surface area contributed by atoms with Crippen molar-refractivity contribution in [1.82, 2.24) is 4.90 Å². The first-order valence-corrected chi connectivity index (χ1v) is 11.3. The lowest BCUT2D eigenvalue weighted by atomic mass is 9.62. The second-order valence-electron chi connectivity index (χ2n) is 9.98. The molecule has 5 aliphatic heterocycles. The molecule has 7 rings (SSSR count). The molecule has 1 aromatic carbocycles. The van der Waals surface area contributed by atoms with Gasteiger partial charge >= 0.3 is 11.9 Å². The van der Waals surface area contributed by atoms with E-state index in [4.69, 9.17) is 9.47 Å². The van der Waals surface area contributed by atoms with Crippen molar-refractivity contribution in [3.63, 3.8) is 0 Å². The van der Waals surface area contributed by atoms with Gasteiger partial charge in [0.15, 0.2) is 6.23 Å². The Balaban J connectivity index is 1.56. The largest absolute Gasteiger partial charge is 0.461 e. The predicted molar refractivity (Wildman–Crippen MR) is 111 cm³/mol. The van der Waals surface area contributed by atoms with Gasteiger partial charge in [0, 0.05) is 50.5 Å². The maximum Gasteiger partial charge on any atom is 0.304 e. The predicted octanol–water partition coefficient (Wildman–Crippen LogP) is 2.70. The molecule has 2 unspecified atom stereocenters. The zero-order chi connectivity index (χ0) is 20.9. The van der Waals surface area contributed by atoms with Gasteiger partial charge < -0.3 is 14.4 Å². The fraction of sp³-hybridized carbons (Fsp3) is 0.667. The number of piperidine rings is 4. The Morgan fingerprint density at radius 2 is 1.87 bits per heavy atom. The van der Waals surface area contributed by atoms with Gasteiger partial charge in [0.2, 0.25) is 0 Å². The number of carbonyl (C=O) groups is 2. The molecule has 0 amide bonds. The van der Waals surface area contributed by atoms with Crippen molar-refractivity contribution in [3.05, 3.63) is 29.8 Å². The SMILES string of the molecule is CC[C@H]1[C@@H]2C[C@H]3[C@@H]4N(C)c5ccccc5C45C[C@@H]([C@@H]2[C@H]5OC(C)=O)N3[C@@H]1OC(C)=O. The van der Waals surface area contributed by atoms with Gasteiger partial charge in [0.25, 0.3) is 0 Å². The van der Waals surface area contributed by atoms with Crippen molar-refractivity contribution in [1.29, 1.82) is 0 Å². The molecule has 1 saturated carbocycles. The van der Waals surface area contributed by atoms with Gasteiger partial charge in [-0.3, -0.25) is 14.5 Å². The highest BCUT2D eigenvalue weighted by Gasteiger charge is 2.78. The molecular formula is C24H30N2O4. The Hall–Kier alpha value is -2.08. The fourth-order valence-corrected chi connectivity index (χ4v) is 8.49. The number of ether oxygens (including phenoxy) is 2. The number of nitrogens with zero attached hydrogens (tertiary/aromatic N) is 2. The van der Waals surface area contributed by atoms with Gasteiger partial charge in [0.1, 0.15) is 6.10 Å². The van der Waals surface area contributed by atoms with Crippen molar-refractivity contribution in [2.24, 2.45) is 17.8 Å². The standard InChI is InChI=1S/C24H30N2O4/c1-5-14-15-10-18-21-24(16-8-6-7-9-17(16)25(21)4)11-19(20(15)22(24)29-12(2)27)26(18)23(14)30-13(3)28/h6-9,14-15,18-23H,5,10-11H2,1-4H3/t14-,15-,18-,19-,20+,21-,22+,23+,24?/m0/s1. The number of hydrogen-bond acceptors (Lipinski definition) is 6. The molecule has 5 heterocycles. The zero-order valence-corrected chi connectivity index (χ0v) is 18.1. The topological polar surface area (TPSA) is 59.1 Å². The molecular weight excluding hydrogens is 380 g/mol. The average molecular weight is 411 g/mol. The second-order valence-corrected chi connectivity index (χ2v) is 9.98. The Kier molecular flexibility index (Phi) is 3.73. The minimum atomic E-state index is -0.203. The molecule has 0 N–H and O–H groups in total. The summed E-state index contributed by atoms with van der Waals surface area (Å²) in [5.74, 6) is 0.608. The average Bonchev–Trinajstić information content (AvgIpc) is 3.10. The zero-order valence-electron chi connectivity index (χ0n) is 18.1. The highest BCUT2D eigenvalue weighted by molar-refractivity contribution is 5.70. The first kappa shape index (κ1) is 18.7. The Morgan fingerprint density at radius 1 is 1.13 bits per heavy atom. The molecule has 1 aromatic rings. The summed E-state index contributed by atoms with van der Waals surface area (Å²) in [7, 11) is 2.18. The minimum absolute atomic E-state index is 0.122. The van der Waals surface area contributed by atoms with Gasteiger partial charge in [-0.15, -0.1) is 0 Å². The lowest BCUT2D eigenvalue weighted by Gasteiger charge is -2.62. The van der Waals surface area contributed by atoms with E-state index in [1.54, 1.807) is 6.92 Å². The van der Waals surface area contributed by atoms with Crippen LogP contribution in [0.25, 0.3) is 0 Å². The number of benzene rings is 1. The van der Waals surface area contributed by atoms with Gasteiger partial charge in [0.05, 0.1) is 11.5 Å². The van der Waals surface area contributed by atoms with Crippen molar-refractivity contribution in [2.75, 3.05) is 11.9 Å². The van der Waals surface area contributed by atoms with Crippen LogP contribution in [0, 0.1) is 17.8 Å². The van der Waals surface area contributed by atoms with Crippen LogP contribution < -0.4 is 4.90 Å². The van der Waals surface area contributed by atoms with Crippen LogP contribution in [0.5, 0.6) is 0 Å². The first-order chi connectivity index (χ1) is 14.4. The summed E-state index contributed by atoms with van der Waals surface area (Å²) in [4.78, 5) is 29.2. The molecule has 30 heavy (non-hydrogen) atoms. The Bertz CT molecular complexity index is 934. The molecule has 5 bridgehead atoms. The summed E-state index contributed by atoms with van der Waals surface area (Å²) >= 11 is 0. The van der Waals surface area contributed by atoms with Crippen LogP contribution >= 0.6 is 0 Å².